The minimum absolute atomic E-state index is 0.0937. The van der Waals surface area contributed by atoms with Crippen molar-refractivity contribution in [2.45, 2.75) is 20.3 Å². The first-order valence-corrected chi connectivity index (χ1v) is 9.66. The number of nitrogens with zero attached hydrogens (tertiary/aromatic N) is 1. The van der Waals surface area contributed by atoms with Gasteiger partial charge >= 0.3 is 0 Å². The average molecular weight is 377 g/mol. The van der Waals surface area contributed by atoms with Crippen molar-refractivity contribution in [2.75, 3.05) is 6.54 Å². The second-order valence-corrected chi connectivity index (χ2v) is 8.13. The zero-order chi connectivity index (χ0) is 17.1. The van der Waals surface area contributed by atoms with Crippen molar-refractivity contribution in [3.63, 3.8) is 0 Å². The van der Waals surface area contributed by atoms with Crippen LogP contribution in [0.2, 0.25) is 5.02 Å². The van der Waals surface area contributed by atoms with Gasteiger partial charge in [-0.15, -0.1) is 22.7 Å². The minimum atomic E-state index is -0.0937. The number of thiazole rings is 1. The van der Waals surface area contributed by atoms with Gasteiger partial charge in [0.25, 0.3) is 5.91 Å². The highest BCUT2D eigenvalue weighted by Gasteiger charge is 2.09. The van der Waals surface area contributed by atoms with Crippen molar-refractivity contribution in [3.8, 4) is 10.6 Å². The smallest absolute Gasteiger partial charge is 0.251 e. The highest BCUT2D eigenvalue weighted by Crippen LogP contribution is 2.29. The number of carbonyl (C=O) groups excluding carboxylic acids is 1. The predicted molar refractivity (Wildman–Crippen MR) is 102 cm³/mol. The second-order valence-electron chi connectivity index (χ2n) is 5.49. The van der Waals surface area contributed by atoms with Crippen molar-refractivity contribution < 1.29 is 4.79 Å². The molecule has 0 spiro atoms. The Morgan fingerprint density at radius 3 is 2.79 bits per heavy atom. The Bertz CT molecular complexity index is 870. The van der Waals surface area contributed by atoms with E-state index in [1.807, 2.05) is 19.9 Å². The number of hydrogen-bond acceptors (Lipinski definition) is 4. The Balaban J connectivity index is 1.55. The van der Waals surface area contributed by atoms with Gasteiger partial charge in [-0.2, -0.15) is 0 Å². The Morgan fingerprint density at radius 1 is 1.25 bits per heavy atom. The maximum absolute atomic E-state index is 12.2. The molecule has 1 amide bonds. The third kappa shape index (κ3) is 4.04. The maximum Gasteiger partial charge on any atom is 0.251 e. The van der Waals surface area contributed by atoms with E-state index >= 15 is 0 Å². The first-order chi connectivity index (χ1) is 11.5. The molecule has 0 saturated heterocycles. The first-order valence-electron chi connectivity index (χ1n) is 7.58. The summed E-state index contributed by atoms with van der Waals surface area (Å²) in [7, 11) is 0. The maximum atomic E-state index is 12.2. The van der Waals surface area contributed by atoms with Crippen LogP contribution in [0, 0.1) is 13.8 Å². The van der Waals surface area contributed by atoms with Gasteiger partial charge in [-0.05, 0) is 50.1 Å². The number of thiophene rings is 1. The fourth-order valence-corrected chi connectivity index (χ4v) is 4.10. The van der Waals surface area contributed by atoms with E-state index in [1.54, 1.807) is 34.8 Å². The van der Waals surface area contributed by atoms with Crippen LogP contribution in [0.1, 0.15) is 25.8 Å². The van der Waals surface area contributed by atoms with Gasteiger partial charge in [0, 0.05) is 27.4 Å². The molecule has 6 heteroatoms. The molecule has 0 atom stereocenters. The monoisotopic (exact) mass is 376 g/mol. The quantitative estimate of drug-likeness (QED) is 0.671. The summed E-state index contributed by atoms with van der Waals surface area (Å²) in [6, 6.07) is 9.56. The molecule has 24 heavy (non-hydrogen) atoms. The molecule has 124 valence electrons. The van der Waals surface area contributed by atoms with Crippen molar-refractivity contribution in [1.29, 1.82) is 0 Å². The number of benzene rings is 1. The van der Waals surface area contributed by atoms with Crippen LogP contribution in [0.15, 0.2) is 35.7 Å². The van der Waals surface area contributed by atoms with Gasteiger partial charge in [0.1, 0.15) is 0 Å². The van der Waals surface area contributed by atoms with Crippen molar-refractivity contribution >= 4 is 40.2 Å². The SMILES string of the molecule is Cc1nc(-c2ccc(CCNC(=O)c3ccc(C)c(Cl)c3)s2)cs1. The van der Waals surface area contributed by atoms with E-state index in [4.69, 9.17) is 11.6 Å². The molecule has 0 saturated carbocycles. The molecule has 0 aliphatic heterocycles. The number of aromatic nitrogens is 1. The van der Waals surface area contributed by atoms with E-state index in [-0.39, 0.29) is 5.91 Å². The molecular weight excluding hydrogens is 360 g/mol. The van der Waals surface area contributed by atoms with Gasteiger partial charge in [0.05, 0.1) is 15.6 Å². The van der Waals surface area contributed by atoms with Crippen LogP contribution in [-0.2, 0) is 6.42 Å². The molecule has 0 radical (unpaired) electrons. The lowest BCUT2D eigenvalue weighted by Crippen LogP contribution is -2.25. The lowest BCUT2D eigenvalue weighted by Gasteiger charge is -2.06. The standard InChI is InChI=1S/C18H17ClN2OS2/c1-11-3-4-13(9-15(11)19)18(22)20-8-7-14-5-6-17(24-14)16-10-23-12(2)21-16/h3-6,9-10H,7-8H2,1-2H3,(H,20,22). The van der Waals surface area contributed by atoms with E-state index in [0.29, 0.717) is 17.1 Å². The van der Waals surface area contributed by atoms with Crippen LogP contribution in [-0.4, -0.2) is 17.4 Å². The van der Waals surface area contributed by atoms with Gasteiger partial charge in [0.2, 0.25) is 0 Å². The van der Waals surface area contributed by atoms with Crippen LogP contribution in [0.5, 0.6) is 0 Å². The average Bonchev–Trinajstić information content (AvgIpc) is 3.19. The number of carbonyl (C=O) groups is 1. The Kier molecular flexibility index (Phi) is 5.33. The van der Waals surface area contributed by atoms with Crippen LogP contribution in [0.4, 0.5) is 0 Å². The third-order valence-electron chi connectivity index (χ3n) is 3.62. The van der Waals surface area contributed by atoms with E-state index in [1.165, 1.54) is 9.75 Å². The minimum Gasteiger partial charge on any atom is -0.352 e. The molecule has 3 nitrogen and oxygen atoms in total. The zero-order valence-electron chi connectivity index (χ0n) is 13.4. The predicted octanol–water partition coefficient (Wildman–Crippen LogP) is 5.11. The van der Waals surface area contributed by atoms with Crippen LogP contribution in [0.25, 0.3) is 10.6 Å². The molecule has 0 fully saturated rings. The molecule has 0 aliphatic rings. The molecule has 0 bridgehead atoms. The summed E-state index contributed by atoms with van der Waals surface area (Å²) in [4.78, 5) is 19.1. The molecule has 3 aromatic rings. The summed E-state index contributed by atoms with van der Waals surface area (Å²) in [5.74, 6) is -0.0937. The van der Waals surface area contributed by atoms with Gasteiger partial charge in [-0.3, -0.25) is 4.79 Å². The third-order valence-corrected chi connectivity index (χ3v) is 5.97. The molecule has 3 rings (SSSR count). The fourth-order valence-electron chi connectivity index (χ4n) is 2.26. The van der Waals surface area contributed by atoms with E-state index in [0.717, 1.165) is 22.7 Å². The summed E-state index contributed by atoms with van der Waals surface area (Å²) in [6.45, 7) is 4.53. The Hall–Kier alpha value is -1.69. The Labute approximate surface area is 154 Å². The first kappa shape index (κ1) is 17.1. The van der Waals surface area contributed by atoms with Crippen molar-refractivity contribution in [3.05, 3.63) is 61.7 Å². The molecular formula is C18H17ClN2OS2. The number of hydrogen-bond donors (Lipinski definition) is 1. The van der Waals surface area contributed by atoms with E-state index in [2.05, 4.69) is 27.8 Å². The normalized spacial score (nSPS) is 10.8. The van der Waals surface area contributed by atoms with Crippen molar-refractivity contribution in [1.82, 2.24) is 10.3 Å². The van der Waals surface area contributed by atoms with Crippen LogP contribution < -0.4 is 5.32 Å². The largest absolute Gasteiger partial charge is 0.352 e. The fraction of sp³-hybridized carbons (Fsp3) is 0.222. The molecule has 1 aromatic carbocycles. The van der Waals surface area contributed by atoms with Gasteiger partial charge < -0.3 is 5.32 Å². The summed E-state index contributed by atoms with van der Waals surface area (Å²) in [5.41, 5.74) is 2.60. The lowest BCUT2D eigenvalue weighted by atomic mass is 10.1. The molecule has 2 aromatic heterocycles. The summed E-state index contributed by atoms with van der Waals surface area (Å²) >= 11 is 9.45. The molecule has 0 unspecified atom stereocenters. The second kappa shape index (κ2) is 7.47. The Morgan fingerprint density at radius 2 is 2.08 bits per heavy atom. The van der Waals surface area contributed by atoms with Crippen LogP contribution >= 0.6 is 34.3 Å². The van der Waals surface area contributed by atoms with Gasteiger partial charge in [-0.1, -0.05) is 17.7 Å². The number of rotatable bonds is 5. The van der Waals surface area contributed by atoms with Crippen molar-refractivity contribution in [2.24, 2.45) is 0 Å². The lowest BCUT2D eigenvalue weighted by molar-refractivity contribution is 0.0954. The number of aryl methyl sites for hydroxylation is 2. The molecule has 0 aliphatic carbocycles. The van der Waals surface area contributed by atoms with Gasteiger partial charge in [0.15, 0.2) is 0 Å². The number of nitrogens with one attached hydrogen (secondary N) is 1. The summed E-state index contributed by atoms with van der Waals surface area (Å²) < 4.78 is 0. The highest BCUT2D eigenvalue weighted by molar-refractivity contribution is 7.16. The topological polar surface area (TPSA) is 42.0 Å². The number of amides is 1. The van der Waals surface area contributed by atoms with E-state index in [9.17, 15) is 4.79 Å². The summed E-state index contributed by atoms with van der Waals surface area (Å²) in [5, 5.41) is 6.71. The van der Waals surface area contributed by atoms with Gasteiger partial charge in [-0.25, -0.2) is 4.98 Å². The molecule has 1 N–H and O–H groups in total. The van der Waals surface area contributed by atoms with Crippen LogP contribution in [0.3, 0.4) is 0 Å². The number of halogens is 1. The van der Waals surface area contributed by atoms with E-state index < -0.39 is 0 Å². The molecule has 2 heterocycles. The zero-order valence-corrected chi connectivity index (χ0v) is 15.8. The summed E-state index contributed by atoms with van der Waals surface area (Å²) in [6.07, 6.45) is 0.805. The highest BCUT2D eigenvalue weighted by atomic mass is 35.5.